The monoisotopic (exact) mass is 285 g/mol. The third-order valence-corrected chi connectivity index (χ3v) is 3.85. The van der Waals surface area contributed by atoms with Crippen molar-refractivity contribution in [1.82, 2.24) is 9.78 Å². The molecule has 1 aliphatic rings. The summed E-state index contributed by atoms with van der Waals surface area (Å²) in [6.07, 6.45) is 0.801. The Morgan fingerprint density at radius 2 is 2.19 bits per heavy atom. The minimum Gasteiger partial charge on any atom is -0.376 e. The van der Waals surface area contributed by atoms with Gasteiger partial charge in [0.2, 0.25) is 0 Å². The van der Waals surface area contributed by atoms with Gasteiger partial charge in [-0.15, -0.1) is 0 Å². The number of fused-ring (bicyclic) bond motifs is 1. The number of carbonyl (C=O) groups excluding carboxylic acids is 1. The van der Waals surface area contributed by atoms with Crippen LogP contribution in [0, 0.1) is 13.8 Å². The van der Waals surface area contributed by atoms with Gasteiger partial charge >= 0.3 is 0 Å². The number of amides is 1. The van der Waals surface area contributed by atoms with Crippen LogP contribution in [0.3, 0.4) is 0 Å². The minimum absolute atomic E-state index is 0.177. The summed E-state index contributed by atoms with van der Waals surface area (Å²) < 4.78 is 7.24. The molecular formula is C16H19N3O2. The number of anilines is 1. The fraction of sp³-hybridized carbons (Fsp3) is 0.375. The van der Waals surface area contributed by atoms with E-state index in [1.165, 1.54) is 5.56 Å². The van der Waals surface area contributed by atoms with E-state index in [2.05, 4.69) is 10.4 Å². The van der Waals surface area contributed by atoms with E-state index in [9.17, 15) is 4.79 Å². The largest absolute Gasteiger partial charge is 0.376 e. The number of benzene rings is 1. The maximum absolute atomic E-state index is 12.5. The van der Waals surface area contributed by atoms with Gasteiger partial charge in [-0.05, 0) is 25.5 Å². The molecule has 5 heteroatoms. The molecule has 0 spiro atoms. The van der Waals surface area contributed by atoms with Gasteiger partial charge in [-0.25, -0.2) is 0 Å². The summed E-state index contributed by atoms with van der Waals surface area (Å²) in [7, 11) is 1.87. The highest BCUT2D eigenvalue weighted by atomic mass is 16.5. The number of nitrogens with one attached hydrogen (secondary N) is 1. The number of hydrogen-bond acceptors (Lipinski definition) is 3. The van der Waals surface area contributed by atoms with E-state index in [0.29, 0.717) is 18.9 Å². The molecule has 1 amide bonds. The van der Waals surface area contributed by atoms with Crippen LogP contribution in [0.1, 0.15) is 32.9 Å². The Bertz CT molecular complexity index is 704. The molecule has 1 aliphatic heterocycles. The zero-order valence-corrected chi connectivity index (χ0v) is 12.6. The van der Waals surface area contributed by atoms with Crippen molar-refractivity contribution < 1.29 is 9.53 Å². The summed E-state index contributed by atoms with van der Waals surface area (Å²) in [4.78, 5) is 12.5. The summed E-state index contributed by atoms with van der Waals surface area (Å²) in [5, 5.41) is 7.31. The molecule has 0 fully saturated rings. The van der Waals surface area contributed by atoms with E-state index in [4.69, 9.17) is 4.74 Å². The van der Waals surface area contributed by atoms with E-state index in [0.717, 1.165) is 28.9 Å². The van der Waals surface area contributed by atoms with Crippen LogP contribution in [-0.2, 0) is 24.8 Å². The van der Waals surface area contributed by atoms with E-state index >= 15 is 0 Å². The molecule has 21 heavy (non-hydrogen) atoms. The first-order valence-corrected chi connectivity index (χ1v) is 7.07. The molecule has 1 aromatic heterocycles. The van der Waals surface area contributed by atoms with Gasteiger partial charge in [-0.2, -0.15) is 5.10 Å². The molecule has 5 nitrogen and oxygen atoms in total. The number of aromatic nitrogens is 2. The Hall–Kier alpha value is -2.14. The second-order valence-corrected chi connectivity index (χ2v) is 5.47. The van der Waals surface area contributed by atoms with Gasteiger partial charge in [0.1, 0.15) is 0 Å². The lowest BCUT2D eigenvalue weighted by atomic mass is 10.1. The van der Waals surface area contributed by atoms with Gasteiger partial charge in [0.05, 0.1) is 13.2 Å². The van der Waals surface area contributed by atoms with Crippen molar-refractivity contribution in [2.75, 3.05) is 11.9 Å². The lowest BCUT2D eigenvalue weighted by Gasteiger charge is -2.14. The fourth-order valence-corrected chi connectivity index (χ4v) is 2.73. The molecule has 0 aliphatic carbocycles. The first kappa shape index (κ1) is 13.8. The number of ether oxygens (including phenoxy) is 1. The zero-order chi connectivity index (χ0) is 15.0. The smallest absolute Gasteiger partial charge is 0.276 e. The quantitative estimate of drug-likeness (QED) is 0.921. The molecule has 3 rings (SSSR count). The number of carbonyl (C=O) groups is 1. The number of aryl methyl sites for hydroxylation is 3. The third-order valence-electron chi connectivity index (χ3n) is 3.85. The van der Waals surface area contributed by atoms with Crippen molar-refractivity contribution in [3.63, 3.8) is 0 Å². The van der Waals surface area contributed by atoms with Crippen molar-refractivity contribution >= 4 is 11.6 Å². The Labute approximate surface area is 123 Å². The van der Waals surface area contributed by atoms with Crippen molar-refractivity contribution in [2.45, 2.75) is 26.9 Å². The highest BCUT2D eigenvalue weighted by Gasteiger charge is 2.24. The van der Waals surface area contributed by atoms with Crippen molar-refractivity contribution in [2.24, 2.45) is 7.05 Å². The van der Waals surface area contributed by atoms with Gasteiger partial charge in [0, 0.05) is 30.4 Å². The number of nitrogens with zero attached hydrogens (tertiary/aromatic N) is 2. The van der Waals surface area contributed by atoms with Gasteiger partial charge in [0.15, 0.2) is 5.69 Å². The SMILES string of the molecule is Cc1ccc(NC(=O)c2nn(C)c3c2COCC3)c(C)c1. The minimum atomic E-state index is -0.177. The highest BCUT2D eigenvalue weighted by molar-refractivity contribution is 6.04. The molecule has 2 aromatic rings. The predicted octanol–water partition coefficient (Wildman–Crippen LogP) is 2.36. The Morgan fingerprint density at radius 3 is 2.95 bits per heavy atom. The van der Waals surface area contributed by atoms with E-state index < -0.39 is 0 Å². The lowest BCUT2D eigenvalue weighted by molar-refractivity contribution is 0.0984. The summed E-state index contributed by atoms with van der Waals surface area (Å²) >= 11 is 0. The molecule has 0 unspecified atom stereocenters. The normalized spacial score (nSPS) is 13.9. The van der Waals surface area contributed by atoms with Crippen molar-refractivity contribution in [3.8, 4) is 0 Å². The van der Waals surface area contributed by atoms with E-state index in [1.807, 2.05) is 39.1 Å². The Balaban J connectivity index is 1.89. The van der Waals surface area contributed by atoms with Gasteiger partial charge in [-0.3, -0.25) is 9.48 Å². The molecule has 110 valence electrons. The van der Waals surface area contributed by atoms with Gasteiger partial charge in [0.25, 0.3) is 5.91 Å². The first-order chi connectivity index (χ1) is 10.1. The Kier molecular flexibility index (Phi) is 3.51. The fourth-order valence-electron chi connectivity index (χ4n) is 2.73. The van der Waals surface area contributed by atoms with Crippen LogP contribution in [0.5, 0.6) is 0 Å². The molecule has 0 atom stereocenters. The second kappa shape index (κ2) is 5.33. The van der Waals surface area contributed by atoms with Crippen molar-refractivity contribution in [1.29, 1.82) is 0 Å². The van der Waals surface area contributed by atoms with Crippen LogP contribution in [0.2, 0.25) is 0 Å². The zero-order valence-electron chi connectivity index (χ0n) is 12.6. The molecule has 0 saturated carbocycles. The average molecular weight is 285 g/mol. The molecule has 0 bridgehead atoms. The summed E-state index contributed by atoms with van der Waals surface area (Å²) in [6, 6.07) is 5.96. The summed E-state index contributed by atoms with van der Waals surface area (Å²) in [6.45, 7) is 5.16. The van der Waals surface area contributed by atoms with E-state index in [1.54, 1.807) is 4.68 Å². The molecule has 0 radical (unpaired) electrons. The average Bonchev–Trinajstić information content (AvgIpc) is 2.80. The van der Waals surface area contributed by atoms with Crippen LogP contribution in [0.15, 0.2) is 18.2 Å². The van der Waals surface area contributed by atoms with Crippen molar-refractivity contribution in [3.05, 3.63) is 46.3 Å². The van der Waals surface area contributed by atoms with Gasteiger partial charge in [-0.1, -0.05) is 17.7 Å². The third kappa shape index (κ3) is 2.56. The van der Waals surface area contributed by atoms with Gasteiger partial charge < -0.3 is 10.1 Å². The predicted molar refractivity (Wildman–Crippen MR) is 80.4 cm³/mol. The summed E-state index contributed by atoms with van der Waals surface area (Å²) in [5.74, 6) is -0.177. The number of rotatable bonds is 2. The van der Waals surface area contributed by atoms with Crippen LogP contribution in [-0.4, -0.2) is 22.3 Å². The molecule has 1 N–H and O–H groups in total. The van der Waals surface area contributed by atoms with Crippen LogP contribution in [0.25, 0.3) is 0 Å². The molecule has 2 heterocycles. The second-order valence-electron chi connectivity index (χ2n) is 5.47. The van der Waals surface area contributed by atoms with Crippen LogP contribution < -0.4 is 5.32 Å². The maximum atomic E-state index is 12.5. The van der Waals surface area contributed by atoms with Crippen LogP contribution >= 0.6 is 0 Å². The maximum Gasteiger partial charge on any atom is 0.276 e. The van der Waals surface area contributed by atoms with Crippen LogP contribution in [0.4, 0.5) is 5.69 Å². The number of hydrogen-bond donors (Lipinski definition) is 1. The topological polar surface area (TPSA) is 56.2 Å². The summed E-state index contributed by atoms with van der Waals surface area (Å²) in [5.41, 5.74) is 5.51. The molecule has 1 aromatic carbocycles. The standard InChI is InChI=1S/C16H19N3O2/c1-10-4-5-13(11(2)8-10)17-16(20)15-12-9-21-7-6-14(12)19(3)18-15/h4-5,8H,6-7,9H2,1-3H3,(H,17,20). The Morgan fingerprint density at radius 1 is 1.38 bits per heavy atom. The first-order valence-electron chi connectivity index (χ1n) is 7.07. The van der Waals surface area contributed by atoms with E-state index in [-0.39, 0.29) is 5.91 Å². The molecule has 0 saturated heterocycles. The molecular weight excluding hydrogens is 266 g/mol. The lowest BCUT2D eigenvalue weighted by Crippen LogP contribution is -2.17. The highest BCUT2D eigenvalue weighted by Crippen LogP contribution is 2.22.